The first-order valence-corrected chi connectivity index (χ1v) is 8.79. The van der Waals surface area contributed by atoms with E-state index in [9.17, 15) is 13.2 Å². The Hall–Kier alpha value is -1.34. The molecule has 6 nitrogen and oxygen atoms in total. The van der Waals surface area contributed by atoms with E-state index in [4.69, 9.17) is 9.52 Å². The number of aromatic carboxylic acids is 1. The van der Waals surface area contributed by atoms with Gasteiger partial charge in [0.15, 0.2) is 0 Å². The lowest BCUT2D eigenvalue weighted by Gasteiger charge is -2.42. The summed E-state index contributed by atoms with van der Waals surface area (Å²) >= 11 is 0. The fraction of sp³-hybridized carbons (Fsp3) is 0.643. The summed E-state index contributed by atoms with van der Waals surface area (Å²) in [6.45, 7) is 0.493. The van der Waals surface area contributed by atoms with Crippen LogP contribution in [0.2, 0.25) is 0 Å². The Kier molecular flexibility index (Phi) is 3.79. The van der Waals surface area contributed by atoms with Crippen LogP contribution < -0.4 is 0 Å². The topological polar surface area (TPSA) is 87.8 Å². The summed E-state index contributed by atoms with van der Waals surface area (Å²) in [4.78, 5) is 10.8. The van der Waals surface area contributed by atoms with E-state index in [0.29, 0.717) is 12.5 Å². The first kappa shape index (κ1) is 14.6. The molecule has 0 bridgehead atoms. The van der Waals surface area contributed by atoms with Gasteiger partial charge in [0, 0.05) is 12.6 Å². The predicted octanol–water partition coefficient (Wildman–Crippen LogP) is 2.32. The number of furan rings is 1. The first-order valence-electron chi connectivity index (χ1n) is 7.35. The van der Waals surface area contributed by atoms with Gasteiger partial charge < -0.3 is 9.52 Å². The molecule has 3 rings (SSSR count). The Labute approximate surface area is 123 Å². The molecule has 0 spiro atoms. The van der Waals surface area contributed by atoms with E-state index in [1.54, 1.807) is 0 Å². The second-order valence-electron chi connectivity index (χ2n) is 5.79. The van der Waals surface area contributed by atoms with E-state index >= 15 is 0 Å². The highest BCUT2D eigenvalue weighted by Crippen LogP contribution is 2.38. The first-order chi connectivity index (χ1) is 10.00. The molecule has 2 aliphatic rings. The second kappa shape index (κ2) is 5.46. The van der Waals surface area contributed by atoms with Crippen molar-refractivity contribution in [2.75, 3.05) is 6.54 Å². The zero-order valence-corrected chi connectivity index (χ0v) is 12.5. The Balaban J connectivity index is 1.90. The molecule has 1 saturated carbocycles. The Morgan fingerprint density at radius 1 is 1.19 bits per heavy atom. The fourth-order valence-corrected chi connectivity index (χ4v) is 5.24. The molecule has 0 unspecified atom stereocenters. The molecule has 21 heavy (non-hydrogen) atoms. The number of sulfonamides is 1. The molecule has 1 aromatic heterocycles. The molecule has 1 aliphatic heterocycles. The monoisotopic (exact) mass is 313 g/mol. The third-order valence-electron chi connectivity index (χ3n) is 4.55. The number of hydrogen-bond acceptors (Lipinski definition) is 4. The molecule has 1 saturated heterocycles. The van der Waals surface area contributed by atoms with Crippen LogP contribution in [0.25, 0.3) is 0 Å². The molecular weight excluding hydrogens is 294 g/mol. The summed E-state index contributed by atoms with van der Waals surface area (Å²) in [5.74, 6) is -1.17. The van der Waals surface area contributed by atoms with Crippen molar-refractivity contribution in [1.82, 2.24) is 4.31 Å². The lowest BCUT2D eigenvalue weighted by atomic mass is 9.79. The summed E-state index contributed by atoms with van der Waals surface area (Å²) in [6.07, 6.45) is 6.11. The van der Waals surface area contributed by atoms with Crippen molar-refractivity contribution >= 4 is 16.0 Å². The number of nitrogens with zero attached hydrogens (tertiary/aromatic N) is 1. The average Bonchev–Trinajstić information content (AvgIpc) is 2.97. The van der Waals surface area contributed by atoms with Crippen molar-refractivity contribution in [2.45, 2.75) is 49.7 Å². The second-order valence-corrected chi connectivity index (χ2v) is 7.62. The van der Waals surface area contributed by atoms with E-state index < -0.39 is 16.0 Å². The van der Waals surface area contributed by atoms with Crippen LogP contribution in [0.3, 0.4) is 0 Å². The summed E-state index contributed by atoms with van der Waals surface area (Å²) in [5.41, 5.74) is 0. The minimum Gasteiger partial charge on any atom is -0.475 e. The number of carboxylic acids is 1. The van der Waals surface area contributed by atoms with Crippen LogP contribution in [0.4, 0.5) is 0 Å². The van der Waals surface area contributed by atoms with Crippen molar-refractivity contribution in [3.8, 4) is 0 Å². The molecule has 116 valence electrons. The van der Waals surface area contributed by atoms with Crippen LogP contribution in [-0.4, -0.2) is 36.4 Å². The van der Waals surface area contributed by atoms with Gasteiger partial charge in [-0.2, -0.15) is 4.31 Å². The van der Waals surface area contributed by atoms with Gasteiger partial charge in [-0.3, -0.25) is 0 Å². The largest absolute Gasteiger partial charge is 0.475 e. The maximum atomic E-state index is 12.7. The van der Waals surface area contributed by atoms with Crippen LogP contribution in [0.15, 0.2) is 21.6 Å². The molecule has 2 fully saturated rings. The highest BCUT2D eigenvalue weighted by molar-refractivity contribution is 7.89. The molecule has 2 heterocycles. The molecule has 1 N–H and O–H groups in total. The Bertz CT molecular complexity index is 634. The number of fused-ring (bicyclic) bond motifs is 1. The van der Waals surface area contributed by atoms with Crippen LogP contribution >= 0.6 is 0 Å². The standard InChI is InChI=1S/C14H19NO5S/c16-14(17)12-7-8-13(20-12)21(18,19)15-9-3-5-10-4-1-2-6-11(10)15/h7-8,10-11H,1-6,9H2,(H,16,17)/t10-,11-/m1/s1. The zero-order valence-electron chi connectivity index (χ0n) is 11.7. The number of hydrogen-bond donors (Lipinski definition) is 1. The van der Waals surface area contributed by atoms with E-state index in [-0.39, 0.29) is 16.9 Å². The summed E-state index contributed by atoms with van der Waals surface area (Å²) in [7, 11) is -3.74. The summed E-state index contributed by atoms with van der Waals surface area (Å²) < 4.78 is 32.0. The highest BCUT2D eigenvalue weighted by Gasteiger charge is 2.41. The Morgan fingerprint density at radius 3 is 2.62 bits per heavy atom. The minimum atomic E-state index is -3.74. The molecule has 0 radical (unpaired) electrons. The summed E-state index contributed by atoms with van der Waals surface area (Å²) in [5, 5.41) is 8.60. The smallest absolute Gasteiger partial charge is 0.371 e. The maximum Gasteiger partial charge on any atom is 0.371 e. The van der Waals surface area contributed by atoms with Crippen molar-refractivity contribution in [1.29, 1.82) is 0 Å². The van der Waals surface area contributed by atoms with Gasteiger partial charge in [-0.1, -0.05) is 12.8 Å². The maximum absolute atomic E-state index is 12.7. The van der Waals surface area contributed by atoms with Crippen molar-refractivity contribution in [3.05, 3.63) is 17.9 Å². The van der Waals surface area contributed by atoms with E-state index in [1.165, 1.54) is 22.9 Å². The number of piperidine rings is 1. The number of carbonyl (C=O) groups is 1. The minimum absolute atomic E-state index is 0.0379. The third-order valence-corrected chi connectivity index (χ3v) is 6.35. The molecule has 1 aliphatic carbocycles. The Morgan fingerprint density at radius 2 is 1.90 bits per heavy atom. The van der Waals surface area contributed by atoms with Gasteiger partial charge in [0.1, 0.15) is 0 Å². The normalized spacial score (nSPS) is 27.2. The van der Waals surface area contributed by atoms with Crippen LogP contribution in [0, 0.1) is 5.92 Å². The SMILES string of the molecule is O=C(O)c1ccc(S(=O)(=O)N2CCC[C@H]3CCCC[C@H]32)o1. The number of rotatable bonds is 3. The van der Waals surface area contributed by atoms with Crippen molar-refractivity contribution < 1.29 is 22.7 Å². The lowest BCUT2D eigenvalue weighted by Crippen LogP contribution is -2.49. The van der Waals surface area contributed by atoms with Gasteiger partial charge >= 0.3 is 5.97 Å². The quantitative estimate of drug-likeness (QED) is 0.925. The van der Waals surface area contributed by atoms with Gasteiger partial charge in [-0.15, -0.1) is 0 Å². The molecule has 1 aromatic rings. The van der Waals surface area contributed by atoms with E-state index in [2.05, 4.69) is 0 Å². The van der Waals surface area contributed by atoms with Crippen molar-refractivity contribution in [2.24, 2.45) is 5.92 Å². The van der Waals surface area contributed by atoms with Gasteiger partial charge in [0.25, 0.3) is 10.0 Å². The molecular formula is C14H19NO5S. The molecule has 7 heteroatoms. The summed E-state index contributed by atoms with van der Waals surface area (Å²) in [6, 6.07) is 2.47. The fourth-order valence-electron chi connectivity index (χ4n) is 3.57. The highest BCUT2D eigenvalue weighted by atomic mass is 32.2. The van der Waals surface area contributed by atoms with Crippen LogP contribution in [0.5, 0.6) is 0 Å². The predicted molar refractivity (Wildman–Crippen MR) is 74.5 cm³/mol. The lowest BCUT2D eigenvalue weighted by molar-refractivity contribution is 0.0655. The molecule has 0 amide bonds. The van der Waals surface area contributed by atoms with Crippen molar-refractivity contribution in [3.63, 3.8) is 0 Å². The van der Waals surface area contributed by atoms with Crippen LogP contribution in [0.1, 0.15) is 49.1 Å². The van der Waals surface area contributed by atoms with E-state index in [1.807, 2.05) is 0 Å². The van der Waals surface area contributed by atoms with Gasteiger partial charge in [-0.25, -0.2) is 13.2 Å². The average molecular weight is 313 g/mol. The molecule has 0 aromatic carbocycles. The number of carboxylic acid groups (broad SMARTS) is 1. The molecule has 2 atom stereocenters. The van der Waals surface area contributed by atoms with E-state index in [0.717, 1.165) is 32.1 Å². The zero-order chi connectivity index (χ0) is 15.0. The van der Waals surface area contributed by atoms with Gasteiger partial charge in [0.05, 0.1) is 0 Å². The van der Waals surface area contributed by atoms with Gasteiger partial charge in [0.2, 0.25) is 10.9 Å². The van der Waals surface area contributed by atoms with Gasteiger partial charge in [-0.05, 0) is 43.7 Å². The van der Waals surface area contributed by atoms with Crippen LogP contribution in [-0.2, 0) is 10.0 Å². The third kappa shape index (κ3) is 2.60.